The topological polar surface area (TPSA) is 61.9 Å². The van der Waals surface area contributed by atoms with Crippen LogP contribution in [0.4, 0.5) is 0 Å². The van der Waals surface area contributed by atoms with Crippen LogP contribution in [0.5, 0.6) is 0 Å². The highest BCUT2D eigenvalue weighted by Crippen LogP contribution is 2.21. The summed E-state index contributed by atoms with van der Waals surface area (Å²) < 4.78 is 0. The Hall–Kier alpha value is -2.12. The van der Waals surface area contributed by atoms with Gasteiger partial charge in [0.25, 0.3) is 0 Å². The first kappa shape index (κ1) is 16.4. The minimum Gasteiger partial charge on any atom is -0.337 e. The molecule has 3 heterocycles. The highest BCUT2D eigenvalue weighted by molar-refractivity contribution is 7.99. The third kappa shape index (κ3) is 3.93. The fourth-order valence-electron chi connectivity index (χ4n) is 2.93. The van der Waals surface area contributed by atoms with Crippen molar-refractivity contribution < 1.29 is 4.79 Å². The lowest BCUT2D eigenvalue weighted by molar-refractivity contribution is -0.129. The van der Waals surface area contributed by atoms with Gasteiger partial charge in [-0.25, -0.2) is 4.98 Å². The molecule has 0 saturated carbocycles. The Morgan fingerprint density at radius 1 is 1.24 bits per heavy atom. The molecule has 0 unspecified atom stereocenters. The van der Waals surface area contributed by atoms with Crippen LogP contribution < -0.4 is 0 Å². The van der Waals surface area contributed by atoms with E-state index in [1.54, 1.807) is 11.3 Å². The number of thioether (sulfide) groups is 1. The maximum Gasteiger partial charge on any atom is 0.233 e. The Morgan fingerprint density at radius 3 is 2.96 bits per heavy atom. The van der Waals surface area contributed by atoms with Crippen molar-refractivity contribution in [2.24, 2.45) is 0 Å². The first-order valence-electron chi connectivity index (χ1n) is 8.19. The van der Waals surface area contributed by atoms with E-state index in [0.29, 0.717) is 17.5 Å². The molecule has 4 rings (SSSR count). The van der Waals surface area contributed by atoms with Crippen LogP contribution in [0.1, 0.15) is 21.8 Å². The summed E-state index contributed by atoms with van der Waals surface area (Å²) in [6.45, 7) is 1.49. The van der Waals surface area contributed by atoms with E-state index in [1.807, 2.05) is 17.0 Å². The molecule has 1 aromatic carbocycles. The predicted molar refractivity (Wildman–Crippen MR) is 99.8 cm³/mol. The minimum atomic E-state index is 0.143. The molecule has 1 N–H and O–H groups in total. The molecular weight excluding hydrogens is 352 g/mol. The summed E-state index contributed by atoms with van der Waals surface area (Å²) in [7, 11) is 0. The summed E-state index contributed by atoms with van der Waals surface area (Å²) in [6.07, 6.45) is 1.68. The van der Waals surface area contributed by atoms with Crippen LogP contribution in [0, 0.1) is 0 Å². The van der Waals surface area contributed by atoms with E-state index in [9.17, 15) is 4.79 Å². The van der Waals surface area contributed by atoms with Crippen LogP contribution in [0.3, 0.4) is 0 Å². The number of nitrogens with zero attached hydrogens (tertiary/aromatic N) is 3. The fraction of sp³-hybridized carbons (Fsp3) is 0.278. The van der Waals surface area contributed by atoms with Gasteiger partial charge in [0.15, 0.2) is 0 Å². The molecule has 0 saturated heterocycles. The lowest BCUT2D eigenvalue weighted by Crippen LogP contribution is -2.37. The standard InChI is InChI=1S/C18H18N4OS2/c23-17(22-8-7-13-4-1-2-5-14(13)11-22)12-25-18-19-16(20-21-18)10-15-6-3-9-24-15/h1-6,9H,7-8,10-12H2,(H,19,20,21). The van der Waals surface area contributed by atoms with Crippen LogP contribution in [0.15, 0.2) is 46.9 Å². The number of thiophene rings is 1. The normalized spacial score (nSPS) is 13.7. The molecule has 3 aromatic rings. The number of carbonyl (C=O) groups is 1. The third-order valence-electron chi connectivity index (χ3n) is 4.24. The molecular formula is C18H18N4OS2. The molecule has 1 amide bonds. The number of carbonyl (C=O) groups excluding carboxylic acids is 1. The molecule has 25 heavy (non-hydrogen) atoms. The van der Waals surface area contributed by atoms with Crippen molar-refractivity contribution in [2.75, 3.05) is 12.3 Å². The van der Waals surface area contributed by atoms with Gasteiger partial charge in [-0.1, -0.05) is 42.1 Å². The number of hydrogen-bond acceptors (Lipinski definition) is 5. The third-order valence-corrected chi connectivity index (χ3v) is 5.95. The molecule has 0 fully saturated rings. The second-order valence-corrected chi connectivity index (χ2v) is 7.92. The summed E-state index contributed by atoms with van der Waals surface area (Å²) in [5.74, 6) is 1.35. The number of H-pyrrole nitrogens is 1. The highest BCUT2D eigenvalue weighted by Gasteiger charge is 2.20. The number of aromatic amines is 1. The molecule has 2 aromatic heterocycles. The largest absolute Gasteiger partial charge is 0.337 e. The fourth-order valence-corrected chi connectivity index (χ4v) is 4.35. The van der Waals surface area contributed by atoms with Gasteiger partial charge in [0.05, 0.1) is 5.75 Å². The second kappa shape index (κ2) is 7.41. The van der Waals surface area contributed by atoms with Crippen molar-refractivity contribution in [2.45, 2.75) is 24.5 Å². The zero-order valence-corrected chi connectivity index (χ0v) is 15.3. The van der Waals surface area contributed by atoms with Crippen LogP contribution in [0.25, 0.3) is 0 Å². The van der Waals surface area contributed by atoms with Crippen molar-refractivity contribution >= 4 is 29.0 Å². The molecule has 0 radical (unpaired) electrons. The van der Waals surface area contributed by atoms with Gasteiger partial charge in [0, 0.05) is 24.4 Å². The van der Waals surface area contributed by atoms with Gasteiger partial charge < -0.3 is 4.90 Å². The number of rotatable bonds is 5. The van der Waals surface area contributed by atoms with Crippen LogP contribution in [0.2, 0.25) is 0 Å². The maximum atomic E-state index is 12.5. The van der Waals surface area contributed by atoms with E-state index < -0.39 is 0 Å². The Kier molecular flexibility index (Phi) is 4.85. The molecule has 0 aliphatic carbocycles. The average Bonchev–Trinajstić information content (AvgIpc) is 3.32. The summed E-state index contributed by atoms with van der Waals surface area (Å²) in [4.78, 5) is 20.1. The number of hydrogen-bond donors (Lipinski definition) is 1. The molecule has 1 aliphatic rings. The zero-order chi connectivity index (χ0) is 17.1. The number of aromatic nitrogens is 3. The Labute approximate surface area is 154 Å². The minimum absolute atomic E-state index is 0.143. The number of nitrogens with one attached hydrogen (secondary N) is 1. The smallest absolute Gasteiger partial charge is 0.233 e. The Bertz CT molecular complexity index is 860. The molecule has 0 atom stereocenters. The van der Waals surface area contributed by atoms with Crippen molar-refractivity contribution in [3.63, 3.8) is 0 Å². The summed E-state index contributed by atoms with van der Waals surface area (Å²) in [5, 5.41) is 9.86. The lowest BCUT2D eigenvalue weighted by Gasteiger charge is -2.28. The van der Waals surface area contributed by atoms with Gasteiger partial charge in [0.2, 0.25) is 11.1 Å². The van der Waals surface area contributed by atoms with E-state index >= 15 is 0 Å². The van der Waals surface area contributed by atoms with E-state index in [1.165, 1.54) is 27.8 Å². The SMILES string of the molecule is O=C(CSc1n[nH]c(Cc2cccs2)n1)N1CCc2ccccc2C1. The van der Waals surface area contributed by atoms with Crippen molar-refractivity contribution in [3.05, 3.63) is 63.6 Å². The Balaban J connectivity index is 1.31. The number of fused-ring (bicyclic) bond motifs is 1. The summed E-state index contributed by atoms with van der Waals surface area (Å²) in [5.41, 5.74) is 2.61. The van der Waals surface area contributed by atoms with Gasteiger partial charge in [0.1, 0.15) is 5.82 Å². The summed E-state index contributed by atoms with van der Waals surface area (Å²) in [6, 6.07) is 12.5. The van der Waals surface area contributed by atoms with Gasteiger partial charge >= 0.3 is 0 Å². The second-order valence-electron chi connectivity index (χ2n) is 5.94. The maximum absolute atomic E-state index is 12.5. The van der Waals surface area contributed by atoms with Crippen LogP contribution in [-0.4, -0.2) is 38.3 Å². The van der Waals surface area contributed by atoms with Gasteiger partial charge in [-0.15, -0.1) is 16.4 Å². The molecule has 0 spiro atoms. The molecule has 5 nitrogen and oxygen atoms in total. The van der Waals surface area contributed by atoms with E-state index in [-0.39, 0.29) is 5.91 Å². The predicted octanol–water partition coefficient (Wildman–Crippen LogP) is 3.13. The van der Waals surface area contributed by atoms with Crippen molar-refractivity contribution in [3.8, 4) is 0 Å². The molecule has 128 valence electrons. The monoisotopic (exact) mass is 370 g/mol. The van der Waals surface area contributed by atoms with Gasteiger partial charge in [-0.3, -0.25) is 9.89 Å². The van der Waals surface area contributed by atoms with E-state index in [0.717, 1.165) is 25.2 Å². The van der Waals surface area contributed by atoms with Crippen LogP contribution in [-0.2, 0) is 24.2 Å². The average molecular weight is 371 g/mol. The summed E-state index contributed by atoms with van der Waals surface area (Å²) >= 11 is 3.10. The molecule has 0 bridgehead atoms. The zero-order valence-electron chi connectivity index (χ0n) is 13.6. The molecule has 7 heteroatoms. The first-order chi connectivity index (χ1) is 12.3. The van der Waals surface area contributed by atoms with Gasteiger partial charge in [-0.2, -0.15) is 0 Å². The number of benzene rings is 1. The molecule has 1 aliphatic heterocycles. The van der Waals surface area contributed by atoms with Crippen molar-refractivity contribution in [1.82, 2.24) is 20.1 Å². The lowest BCUT2D eigenvalue weighted by atomic mass is 10.00. The van der Waals surface area contributed by atoms with Crippen molar-refractivity contribution in [1.29, 1.82) is 0 Å². The van der Waals surface area contributed by atoms with Gasteiger partial charge in [-0.05, 0) is 29.0 Å². The van der Waals surface area contributed by atoms with E-state index in [4.69, 9.17) is 0 Å². The number of amides is 1. The highest BCUT2D eigenvalue weighted by atomic mass is 32.2. The quantitative estimate of drug-likeness (QED) is 0.701. The Morgan fingerprint density at radius 2 is 2.12 bits per heavy atom. The van der Waals surface area contributed by atoms with Crippen LogP contribution >= 0.6 is 23.1 Å². The van der Waals surface area contributed by atoms with E-state index in [2.05, 4.69) is 44.8 Å². The first-order valence-corrected chi connectivity index (χ1v) is 10.1.